The summed E-state index contributed by atoms with van der Waals surface area (Å²) in [5.41, 5.74) is 0.161. The molecule has 0 bridgehead atoms. The summed E-state index contributed by atoms with van der Waals surface area (Å²) in [6.45, 7) is 8.69. The lowest BCUT2D eigenvalue weighted by Gasteiger charge is -2.26. The lowest BCUT2D eigenvalue weighted by molar-refractivity contribution is 0.233. The second kappa shape index (κ2) is 6.06. The van der Waals surface area contributed by atoms with Gasteiger partial charge in [0, 0.05) is 6.42 Å². The van der Waals surface area contributed by atoms with Crippen molar-refractivity contribution in [3.8, 4) is 0 Å². The smallest absolute Gasteiger partial charge is 0.138 e. The third-order valence-electron chi connectivity index (χ3n) is 3.11. The van der Waals surface area contributed by atoms with Crippen LogP contribution in [0.1, 0.15) is 39.9 Å². The van der Waals surface area contributed by atoms with Gasteiger partial charge in [-0.2, -0.15) is 0 Å². The van der Waals surface area contributed by atoms with E-state index in [4.69, 9.17) is 0 Å². The number of nitrogens with zero attached hydrogens (tertiary/aromatic N) is 2. The van der Waals surface area contributed by atoms with E-state index in [1.165, 1.54) is 0 Å². The minimum Gasteiger partial charge on any atom is -0.394 e. The fourth-order valence-corrected chi connectivity index (χ4v) is 3.04. The molecule has 1 unspecified atom stereocenters. The second-order valence-corrected chi connectivity index (χ2v) is 7.16. The molecule has 0 aliphatic rings. The van der Waals surface area contributed by atoms with Gasteiger partial charge in [-0.1, -0.05) is 27.7 Å². The van der Waals surface area contributed by atoms with Gasteiger partial charge in [0.15, 0.2) is 0 Å². The van der Waals surface area contributed by atoms with Crippen molar-refractivity contribution in [2.24, 2.45) is 5.41 Å². The van der Waals surface area contributed by atoms with Crippen molar-refractivity contribution < 1.29 is 5.11 Å². The molecule has 0 amide bonds. The molecular formula is C15H23N3OS. The second-order valence-electron chi connectivity index (χ2n) is 6.27. The van der Waals surface area contributed by atoms with E-state index in [-0.39, 0.29) is 18.1 Å². The van der Waals surface area contributed by atoms with Crippen LogP contribution in [-0.4, -0.2) is 27.7 Å². The quantitative estimate of drug-likeness (QED) is 0.886. The molecule has 2 N–H and O–H groups in total. The number of nitrogens with one attached hydrogen (secondary N) is 1. The summed E-state index contributed by atoms with van der Waals surface area (Å²) in [6.07, 6.45) is 1.70. The van der Waals surface area contributed by atoms with Crippen LogP contribution in [-0.2, 0) is 6.42 Å². The molecule has 0 aliphatic heterocycles. The van der Waals surface area contributed by atoms with E-state index >= 15 is 0 Å². The molecule has 2 rings (SSSR count). The van der Waals surface area contributed by atoms with Crippen LogP contribution < -0.4 is 5.32 Å². The van der Waals surface area contributed by atoms with E-state index in [0.29, 0.717) is 0 Å². The first-order valence-electron chi connectivity index (χ1n) is 7.04. The highest BCUT2D eigenvalue weighted by Crippen LogP contribution is 2.28. The van der Waals surface area contributed by atoms with Crippen LogP contribution in [0, 0.1) is 5.41 Å². The number of anilines is 1. The van der Waals surface area contributed by atoms with Crippen molar-refractivity contribution in [1.82, 2.24) is 9.97 Å². The molecular weight excluding hydrogens is 270 g/mol. The third kappa shape index (κ3) is 3.67. The van der Waals surface area contributed by atoms with E-state index in [2.05, 4.69) is 43.0 Å². The van der Waals surface area contributed by atoms with E-state index in [0.717, 1.165) is 34.7 Å². The zero-order chi connectivity index (χ0) is 14.8. The van der Waals surface area contributed by atoms with Crippen LogP contribution in [0.5, 0.6) is 0 Å². The number of hydrogen-bond acceptors (Lipinski definition) is 5. The van der Waals surface area contributed by atoms with Crippen molar-refractivity contribution in [2.45, 2.75) is 46.6 Å². The predicted octanol–water partition coefficient (Wildman–Crippen LogP) is 3.46. The molecule has 0 saturated heterocycles. The highest BCUT2D eigenvalue weighted by atomic mass is 32.1. The van der Waals surface area contributed by atoms with Crippen LogP contribution >= 0.6 is 11.3 Å². The fraction of sp³-hybridized carbons (Fsp3) is 0.600. The maximum Gasteiger partial charge on any atom is 0.138 e. The van der Waals surface area contributed by atoms with Gasteiger partial charge in [0.1, 0.15) is 16.5 Å². The Morgan fingerprint density at radius 1 is 1.35 bits per heavy atom. The summed E-state index contributed by atoms with van der Waals surface area (Å²) in [5.74, 6) is 1.69. The summed E-state index contributed by atoms with van der Waals surface area (Å²) >= 11 is 1.63. The van der Waals surface area contributed by atoms with Crippen LogP contribution in [0.2, 0.25) is 0 Å². The summed E-state index contributed by atoms with van der Waals surface area (Å²) in [4.78, 5) is 10.1. The number of aryl methyl sites for hydroxylation is 1. The summed E-state index contributed by atoms with van der Waals surface area (Å²) in [6, 6.07) is 2.05. The maximum absolute atomic E-state index is 9.60. The summed E-state index contributed by atoms with van der Waals surface area (Å²) < 4.78 is 0. The first-order valence-corrected chi connectivity index (χ1v) is 7.92. The van der Waals surface area contributed by atoms with Crippen LogP contribution in [0.4, 0.5) is 5.82 Å². The monoisotopic (exact) mass is 293 g/mol. The molecule has 0 aliphatic carbocycles. The molecule has 0 aromatic carbocycles. The van der Waals surface area contributed by atoms with Crippen molar-refractivity contribution >= 4 is 27.4 Å². The predicted molar refractivity (Wildman–Crippen MR) is 85.4 cm³/mol. The standard InChI is InChI=1S/C15H23N3OS/c1-5-12-17-13(11-6-7-20-14(11)18-12)16-10(9-19)8-15(2,3)4/h6-7,10,19H,5,8-9H2,1-4H3,(H,16,17,18). The largest absolute Gasteiger partial charge is 0.394 e. The highest BCUT2D eigenvalue weighted by Gasteiger charge is 2.19. The third-order valence-corrected chi connectivity index (χ3v) is 3.91. The summed E-state index contributed by atoms with van der Waals surface area (Å²) in [7, 11) is 0. The fourth-order valence-electron chi connectivity index (χ4n) is 2.26. The molecule has 0 saturated carbocycles. The SMILES string of the molecule is CCc1nc(NC(CO)CC(C)(C)C)c2ccsc2n1. The Bertz CT molecular complexity index is 574. The molecule has 0 fully saturated rings. The molecule has 2 aromatic rings. The van der Waals surface area contributed by atoms with E-state index in [1.807, 2.05) is 11.4 Å². The Kier molecular flexibility index (Phi) is 4.60. The Labute approximate surface area is 124 Å². The van der Waals surface area contributed by atoms with Gasteiger partial charge in [0.2, 0.25) is 0 Å². The zero-order valence-electron chi connectivity index (χ0n) is 12.6. The Morgan fingerprint density at radius 3 is 2.70 bits per heavy atom. The Balaban J connectivity index is 2.29. The van der Waals surface area contributed by atoms with E-state index < -0.39 is 0 Å². The van der Waals surface area contributed by atoms with Crippen molar-refractivity contribution in [3.05, 3.63) is 17.3 Å². The zero-order valence-corrected chi connectivity index (χ0v) is 13.4. The first-order chi connectivity index (χ1) is 9.43. The van der Waals surface area contributed by atoms with Gasteiger partial charge in [0.05, 0.1) is 18.0 Å². The number of thiophene rings is 1. The summed E-state index contributed by atoms with van der Waals surface area (Å²) in [5, 5.41) is 16.1. The average Bonchev–Trinajstić information content (AvgIpc) is 2.84. The van der Waals surface area contributed by atoms with Gasteiger partial charge in [-0.05, 0) is 23.3 Å². The minimum absolute atomic E-state index is 0.0118. The van der Waals surface area contributed by atoms with Crippen molar-refractivity contribution in [2.75, 3.05) is 11.9 Å². The number of aliphatic hydroxyl groups is 1. The van der Waals surface area contributed by atoms with Gasteiger partial charge in [-0.15, -0.1) is 11.3 Å². The van der Waals surface area contributed by atoms with Gasteiger partial charge in [-0.25, -0.2) is 9.97 Å². The van der Waals surface area contributed by atoms with Crippen molar-refractivity contribution in [3.63, 3.8) is 0 Å². The number of aromatic nitrogens is 2. The Hall–Kier alpha value is -1.20. The molecule has 20 heavy (non-hydrogen) atoms. The first kappa shape index (κ1) is 15.2. The molecule has 110 valence electrons. The Morgan fingerprint density at radius 2 is 2.10 bits per heavy atom. The number of fused-ring (bicyclic) bond motifs is 1. The number of rotatable bonds is 5. The molecule has 4 nitrogen and oxygen atoms in total. The van der Waals surface area contributed by atoms with Gasteiger partial charge in [0.25, 0.3) is 0 Å². The topological polar surface area (TPSA) is 58.0 Å². The van der Waals surface area contributed by atoms with Crippen LogP contribution in [0.15, 0.2) is 11.4 Å². The lowest BCUT2D eigenvalue weighted by atomic mass is 9.88. The van der Waals surface area contributed by atoms with Crippen LogP contribution in [0.3, 0.4) is 0 Å². The molecule has 2 heterocycles. The maximum atomic E-state index is 9.60. The average molecular weight is 293 g/mol. The molecule has 1 atom stereocenters. The number of aliphatic hydroxyl groups excluding tert-OH is 1. The molecule has 2 aromatic heterocycles. The molecule has 0 radical (unpaired) electrons. The molecule has 0 spiro atoms. The number of hydrogen-bond donors (Lipinski definition) is 2. The van der Waals surface area contributed by atoms with Gasteiger partial charge >= 0.3 is 0 Å². The van der Waals surface area contributed by atoms with E-state index in [1.54, 1.807) is 11.3 Å². The van der Waals surface area contributed by atoms with Gasteiger partial charge in [-0.3, -0.25) is 0 Å². The van der Waals surface area contributed by atoms with Gasteiger partial charge < -0.3 is 10.4 Å². The van der Waals surface area contributed by atoms with Crippen molar-refractivity contribution in [1.29, 1.82) is 0 Å². The van der Waals surface area contributed by atoms with Crippen LogP contribution in [0.25, 0.3) is 10.2 Å². The minimum atomic E-state index is 0.0118. The highest BCUT2D eigenvalue weighted by molar-refractivity contribution is 7.16. The normalized spacial score (nSPS) is 13.7. The van der Waals surface area contributed by atoms with E-state index in [9.17, 15) is 5.11 Å². The molecule has 5 heteroatoms. The lowest BCUT2D eigenvalue weighted by Crippen LogP contribution is -2.29.